The number of carbonyl (C=O) groups is 2. The summed E-state index contributed by atoms with van der Waals surface area (Å²) >= 11 is 0. The number of carbonyl (C=O) groups excluding carboxylic acids is 2. The summed E-state index contributed by atoms with van der Waals surface area (Å²) in [6.07, 6.45) is 1.03. The van der Waals surface area contributed by atoms with Crippen molar-refractivity contribution in [2.75, 3.05) is 42.2 Å². The van der Waals surface area contributed by atoms with E-state index in [0.717, 1.165) is 10.6 Å². The molecular formula is C23H29N3O6S. The number of nitrogens with one attached hydrogen (secondary N) is 1. The van der Waals surface area contributed by atoms with Gasteiger partial charge in [-0.3, -0.25) is 13.9 Å². The van der Waals surface area contributed by atoms with E-state index in [1.54, 1.807) is 41.3 Å². The van der Waals surface area contributed by atoms with Crippen molar-refractivity contribution in [2.45, 2.75) is 26.8 Å². The molecule has 1 atom stereocenters. The van der Waals surface area contributed by atoms with Crippen LogP contribution in [-0.2, 0) is 14.8 Å². The van der Waals surface area contributed by atoms with E-state index in [2.05, 4.69) is 5.32 Å². The van der Waals surface area contributed by atoms with Gasteiger partial charge < -0.3 is 19.7 Å². The van der Waals surface area contributed by atoms with Gasteiger partial charge in [-0.05, 0) is 45.0 Å². The fraction of sp³-hybridized carbons (Fsp3) is 0.391. The molecule has 0 saturated carbocycles. The third kappa shape index (κ3) is 5.39. The zero-order valence-corrected chi connectivity index (χ0v) is 20.0. The molecule has 0 aliphatic carbocycles. The first-order valence-corrected chi connectivity index (χ1v) is 12.6. The number of ether oxygens (including phenoxy) is 2. The summed E-state index contributed by atoms with van der Waals surface area (Å²) < 4.78 is 37.4. The van der Waals surface area contributed by atoms with Crippen LogP contribution >= 0.6 is 0 Å². The number of para-hydroxylation sites is 1. The second kappa shape index (κ2) is 10.1. The third-order valence-electron chi connectivity index (χ3n) is 5.33. The normalized spacial score (nSPS) is 13.7. The molecule has 0 bridgehead atoms. The van der Waals surface area contributed by atoms with E-state index in [9.17, 15) is 18.0 Å². The van der Waals surface area contributed by atoms with Crippen LogP contribution in [0.5, 0.6) is 11.5 Å². The molecule has 178 valence electrons. The van der Waals surface area contributed by atoms with Gasteiger partial charge in [0.05, 0.1) is 23.2 Å². The van der Waals surface area contributed by atoms with Crippen LogP contribution in [0.25, 0.3) is 0 Å². The van der Waals surface area contributed by atoms with Crippen molar-refractivity contribution < 1.29 is 27.5 Å². The molecular weight excluding hydrogens is 446 g/mol. The number of sulfonamides is 1. The van der Waals surface area contributed by atoms with Gasteiger partial charge in [0.2, 0.25) is 15.9 Å². The lowest BCUT2D eigenvalue weighted by molar-refractivity contribution is -0.116. The van der Waals surface area contributed by atoms with Crippen LogP contribution in [0.2, 0.25) is 0 Å². The number of rotatable bonds is 8. The van der Waals surface area contributed by atoms with Gasteiger partial charge in [-0.1, -0.05) is 12.1 Å². The van der Waals surface area contributed by atoms with Crippen LogP contribution in [0.3, 0.4) is 0 Å². The Morgan fingerprint density at radius 1 is 1.03 bits per heavy atom. The predicted molar refractivity (Wildman–Crippen MR) is 127 cm³/mol. The van der Waals surface area contributed by atoms with Gasteiger partial charge in [-0.25, -0.2) is 8.42 Å². The Labute approximate surface area is 194 Å². The quantitative estimate of drug-likeness (QED) is 0.629. The van der Waals surface area contributed by atoms with Crippen molar-refractivity contribution in [3.05, 3.63) is 48.0 Å². The molecule has 0 aromatic heterocycles. The van der Waals surface area contributed by atoms with Gasteiger partial charge in [0.15, 0.2) is 11.5 Å². The van der Waals surface area contributed by atoms with Crippen molar-refractivity contribution in [1.82, 2.24) is 4.90 Å². The van der Waals surface area contributed by atoms with Gasteiger partial charge in [0.1, 0.15) is 19.3 Å². The molecule has 3 rings (SSSR count). The molecule has 2 aromatic rings. The van der Waals surface area contributed by atoms with E-state index in [1.807, 2.05) is 13.8 Å². The minimum Gasteiger partial charge on any atom is -0.486 e. The lowest BCUT2D eigenvalue weighted by atomic mass is 10.1. The first kappa shape index (κ1) is 24.4. The highest BCUT2D eigenvalue weighted by molar-refractivity contribution is 7.92. The Balaban J connectivity index is 1.90. The van der Waals surface area contributed by atoms with E-state index in [1.165, 1.54) is 13.0 Å². The van der Waals surface area contributed by atoms with Crippen molar-refractivity contribution in [3.8, 4) is 11.5 Å². The van der Waals surface area contributed by atoms with Crippen LogP contribution in [0.4, 0.5) is 11.4 Å². The molecule has 33 heavy (non-hydrogen) atoms. The smallest absolute Gasteiger partial charge is 0.255 e. The van der Waals surface area contributed by atoms with Gasteiger partial charge in [0.25, 0.3) is 5.91 Å². The Hall–Kier alpha value is -3.27. The Morgan fingerprint density at radius 2 is 1.67 bits per heavy atom. The molecule has 0 saturated heterocycles. The number of benzene rings is 2. The highest BCUT2D eigenvalue weighted by Crippen LogP contribution is 2.35. The Morgan fingerprint density at radius 3 is 2.30 bits per heavy atom. The summed E-state index contributed by atoms with van der Waals surface area (Å²) in [5, 5.41) is 2.73. The van der Waals surface area contributed by atoms with Crippen LogP contribution in [0, 0.1) is 0 Å². The molecule has 1 aliphatic rings. The number of amides is 2. The average Bonchev–Trinajstić information content (AvgIpc) is 2.79. The molecule has 0 radical (unpaired) electrons. The van der Waals surface area contributed by atoms with Gasteiger partial charge in [0, 0.05) is 19.2 Å². The molecule has 1 N–H and O–H groups in total. The maximum absolute atomic E-state index is 13.1. The molecule has 10 heteroatoms. The summed E-state index contributed by atoms with van der Waals surface area (Å²) in [7, 11) is -3.83. The lowest BCUT2D eigenvalue weighted by Crippen LogP contribution is -2.45. The first-order valence-electron chi connectivity index (χ1n) is 10.8. The van der Waals surface area contributed by atoms with Crippen molar-refractivity contribution in [3.63, 3.8) is 0 Å². The lowest BCUT2D eigenvalue weighted by Gasteiger charge is -2.29. The minimum atomic E-state index is -3.83. The van der Waals surface area contributed by atoms with E-state index in [0.29, 0.717) is 49.1 Å². The second-order valence-electron chi connectivity index (χ2n) is 7.58. The topological polar surface area (TPSA) is 105 Å². The van der Waals surface area contributed by atoms with Crippen LogP contribution < -0.4 is 19.1 Å². The predicted octanol–water partition coefficient (Wildman–Crippen LogP) is 2.73. The zero-order chi connectivity index (χ0) is 24.2. The second-order valence-corrected chi connectivity index (χ2v) is 9.43. The van der Waals surface area contributed by atoms with E-state index in [4.69, 9.17) is 9.47 Å². The summed E-state index contributed by atoms with van der Waals surface area (Å²) in [5.74, 6) is 0.139. The highest BCUT2D eigenvalue weighted by Gasteiger charge is 2.31. The van der Waals surface area contributed by atoms with Crippen molar-refractivity contribution in [2.24, 2.45) is 0 Å². The number of nitrogens with zero attached hydrogens (tertiary/aromatic N) is 2. The molecule has 1 aliphatic heterocycles. The Bertz CT molecular complexity index is 1130. The molecule has 1 heterocycles. The van der Waals surface area contributed by atoms with Crippen LogP contribution in [0.1, 0.15) is 31.1 Å². The third-order valence-corrected chi connectivity index (χ3v) is 6.58. The number of fused-ring (bicyclic) bond motifs is 1. The fourth-order valence-electron chi connectivity index (χ4n) is 3.67. The van der Waals surface area contributed by atoms with Gasteiger partial charge >= 0.3 is 0 Å². The van der Waals surface area contributed by atoms with Crippen LogP contribution in [-0.4, -0.2) is 63.7 Å². The summed E-state index contributed by atoms with van der Waals surface area (Å²) in [6, 6.07) is 10.3. The maximum atomic E-state index is 13.1. The van der Waals surface area contributed by atoms with E-state index < -0.39 is 22.0 Å². The summed E-state index contributed by atoms with van der Waals surface area (Å²) in [4.78, 5) is 27.7. The molecule has 9 nitrogen and oxygen atoms in total. The Kier molecular flexibility index (Phi) is 7.47. The number of hydrogen-bond acceptors (Lipinski definition) is 6. The SMILES string of the molecule is CCN(CC)C(=O)c1ccccc1NC(=O)[C@@H](C)N(c1ccc2c(c1)OCCO2)S(C)(=O)=O. The van der Waals surface area contributed by atoms with Crippen LogP contribution in [0.15, 0.2) is 42.5 Å². The first-order chi connectivity index (χ1) is 15.7. The largest absolute Gasteiger partial charge is 0.486 e. The number of anilines is 2. The molecule has 2 aromatic carbocycles. The molecule has 0 fully saturated rings. The van der Waals surface area contributed by atoms with Crippen molar-refractivity contribution >= 4 is 33.2 Å². The highest BCUT2D eigenvalue weighted by atomic mass is 32.2. The average molecular weight is 476 g/mol. The molecule has 0 unspecified atom stereocenters. The molecule has 0 spiro atoms. The summed E-state index contributed by atoms with van der Waals surface area (Å²) in [6.45, 7) is 7.06. The van der Waals surface area contributed by atoms with Crippen molar-refractivity contribution in [1.29, 1.82) is 0 Å². The zero-order valence-electron chi connectivity index (χ0n) is 19.2. The monoisotopic (exact) mass is 475 g/mol. The van der Waals surface area contributed by atoms with Gasteiger partial charge in [-0.2, -0.15) is 0 Å². The van der Waals surface area contributed by atoms with Gasteiger partial charge in [-0.15, -0.1) is 0 Å². The maximum Gasteiger partial charge on any atom is 0.255 e. The molecule has 2 amide bonds. The minimum absolute atomic E-state index is 0.213. The standard InChI is InChI=1S/C23H29N3O6S/c1-5-25(6-2)23(28)18-9-7-8-10-19(18)24-22(27)16(3)26(33(4,29)30)17-11-12-20-21(15-17)32-14-13-31-20/h7-12,15-16H,5-6,13-14H2,1-4H3,(H,24,27)/t16-/m1/s1. The van der Waals surface area contributed by atoms with E-state index >= 15 is 0 Å². The van der Waals surface area contributed by atoms with E-state index in [-0.39, 0.29) is 11.6 Å². The fourth-order valence-corrected chi connectivity index (χ4v) is 4.84. The summed E-state index contributed by atoms with van der Waals surface area (Å²) in [5.41, 5.74) is 0.936. The number of hydrogen-bond donors (Lipinski definition) is 1.